The average Bonchev–Trinajstić information content (AvgIpc) is 3.39. The minimum absolute atomic E-state index is 0.0599. The number of nitrogens with zero attached hydrogens (tertiary/aromatic N) is 1. The van der Waals surface area contributed by atoms with E-state index in [-0.39, 0.29) is 25.1 Å². The van der Waals surface area contributed by atoms with E-state index in [1.54, 1.807) is 6.92 Å². The van der Waals surface area contributed by atoms with Crippen LogP contribution in [0.5, 0.6) is 0 Å². The van der Waals surface area contributed by atoms with Gasteiger partial charge in [0.1, 0.15) is 12.1 Å². The van der Waals surface area contributed by atoms with Gasteiger partial charge >= 0.3 is 6.03 Å². The molecule has 0 bridgehead atoms. The number of ether oxygens (including phenoxy) is 1. The molecular weight excluding hydrogens is 322 g/mol. The van der Waals surface area contributed by atoms with Crippen LogP contribution < -0.4 is 10.6 Å². The van der Waals surface area contributed by atoms with Gasteiger partial charge in [-0.15, -0.1) is 0 Å². The van der Waals surface area contributed by atoms with Crippen molar-refractivity contribution < 1.29 is 19.1 Å². The topological polar surface area (TPSA) is 87.7 Å². The zero-order valence-corrected chi connectivity index (χ0v) is 14.5. The molecule has 2 unspecified atom stereocenters. The molecule has 0 radical (unpaired) electrons. The molecule has 1 saturated heterocycles. The van der Waals surface area contributed by atoms with Gasteiger partial charge in [-0.25, -0.2) is 4.79 Å². The Kier molecular flexibility index (Phi) is 4.76. The first kappa shape index (κ1) is 17.4. The number of methoxy groups -OCH3 is 1. The molecule has 2 N–H and O–H groups in total. The Morgan fingerprint density at radius 1 is 1.36 bits per heavy atom. The van der Waals surface area contributed by atoms with E-state index in [9.17, 15) is 14.4 Å². The predicted octanol–water partition coefficient (Wildman–Crippen LogP) is 1.21. The summed E-state index contributed by atoms with van der Waals surface area (Å²) in [5, 5.41) is 5.57. The van der Waals surface area contributed by atoms with Crippen molar-refractivity contribution >= 4 is 17.8 Å². The lowest BCUT2D eigenvalue weighted by atomic mass is 10.0. The van der Waals surface area contributed by atoms with Crippen molar-refractivity contribution in [1.82, 2.24) is 15.5 Å². The van der Waals surface area contributed by atoms with E-state index in [1.807, 2.05) is 30.3 Å². The van der Waals surface area contributed by atoms with Gasteiger partial charge in [0, 0.05) is 7.11 Å². The lowest BCUT2D eigenvalue weighted by Crippen LogP contribution is -2.48. The van der Waals surface area contributed by atoms with Crippen LogP contribution >= 0.6 is 0 Å². The summed E-state index contributed by atoms with van der Waals surface area (Å²) in [7, 11) is 1.46. The summed E-state index contributed by atoms with van der Waals surface area (Å²) in [5.41, 5.74) is -0.0821. The lowest BCUT2D eigenvalue weighted by molar-refractivity contribution is -0.136. The largest absolute Gasteiger partial charge is 0.382 e. The molecule has 25 heavy (non-hydrogen) atoms. The molecule has 7 nitrogen and oxygen atoms in total. The van der Waals surface area contributed by atoms with Gasteiger partial charge in [0.2, 0.25) is 5.91 Å². The monoisotopic (exact) mass is 345 g/mol. The summed E-state index contributed by atoms with van der Waals surface area (Å²) in [6, 6.07) is 9.11. The molecule has 1 aliphatic heterocycles. The second kappa shape index (κ2) is 6.84. The van der Waals surface area contributed by atoms with Crippen molar-refractivity contribution in [2.45, 2.75) is 31.3 Å². The van der Waals surface area contributed by atoms with Crippen molar-refractivity contribution in [1.29, 1.82) is 0 Å². The van der Waals surface area contributed by atoms with Crippen LogP contribution in [-0.4, -0.2) is 48.5 Å². The standard InChI is InChI=1S/C18H23N3O4/c1-18(11-25-2)16(23)21(17(24)20-18)10-14(22)19-15(13-8-9-13)12-6-4-3-5-7-12/h3-7,13,15H,8-11H2,1-2H3,(H,19,22)(H,20,24). The molecule has 1 aliphatic carbocycles. The molecule has 1 aromatic carbocycles. The number of nitrogens with one attached hydrogen (secondary N) is 2. The van der Waals surface area contributed by atoms with Crippen LogP contribution in [0.25, 0.3) is 0 Å². The molecule has 3 rings (SSSR count). The number of rotatable bonds is 7. The zero-order valence-electron chi connectivity index (χ0n) is 14.5. The number of carbonyl (C=O) groups is 3. The Balaban J connectivity index is 1.66. The van der Waals surface area contributed by atoms with E-state index in [0.717, 1.165) is 23.3 Å². The van der Waals surface area contributed by atoms with Gasteiger partial charge in [-0.05, 0) is 31.2 Å². The molecule has 1 saturated carbocycles. The van der Waals surface area contributed by atoms with Crippen molar-refractivity contribution in [3.63, 3.8) is 0 Å². The fraction of sp³-hybridized carbons (Fsp3) is 0.500. The number of benzene rings is 1. The summed E-state index contributed by atoms with van der Waals surface area (Å²) in [4.78, 5) is 37.9. The lowest BCUT2D eigenvalue weighted by Gasteiger charge is -2.22. The number of imide groups is 1. The molecule has 1 aromatic rings. The maximum Gasteiger partial charge on any atom is 0.325 e. The molecule has 0 spiro atoms. The molecule has 7 heteroatoms. The number of hydrogen-bond acceptors (Lipinski definition) is 4. The van der Waals surface area contributed by atoms with E-state index in [0.29, 0.717) is 5.92 Å². The SMILES string of the molecule is COCC1(C)NC(=O)N(CC(=O)NC(c2ccccc2)C2CC2)C1=O. The Morgan fingerprint density at radius 2 is 2.04 bits per heavy atom. The fourth-order valence-corrected chi connectivity index (χ4v) is 3.20. The van der Waals surface area contributed by atoms with E-state index < -0.39 is 17.5 Å². The normalized spacial score (nSPS) is 24.2. The predicted molar refractivity (Wildman–Crippen MR) is 90.6 cm³/mol. The molecule has 4 amide bonds. The highest BCUT2D eigenvalue weighted by molar-refractivity contribution is 6.08. The highest BCUT2D eigenvalue weighted by Crippen LogP contribution is 2.40. The molecule has 134 valence electrons. The summed E-state index contributed by atoms with van der Waals surface area (Å²) in [5.74, 6) is -0.378. The number of urea groups is 1. The van der Waals surface area contributed by atoms with Crippen LogP contribution in [0.2, 0.25) is 0 Å². The van der Waals surface area contributed by atoms with Gasteiger partial charge < -0.3 is 15.4 Å². The number of carbonyl (C=O) groups excluding carboxylic acids is 3. The average molecular weight is 345 g/mol. The van der Waals surface area contributed by atoms with Crippen molar-refractivity contribution in [2.75, 3.05) is 20.3 Å². The van der Waals surface area contributed by atoms with Crippen LogP contribution in [-0.2, 0) is 14.3 Å². The first-order valence-electron chi connectivity index (χ1n) is 8.42. The van der Waals surface area contributed by atoms with Crippen molar-refractivity contribution in [2.24, 2.45) is 5.92 Å². The second-order valence-corrected chi connectivity index (χ2v) is 6.88. The van der Waals surface area contributed by atoms with Crippen LogP contribution in [0.15, 0.2) is 30.3 Å². The first-order chi connectivity index (χ1) is 11.9. The summed E-state index contributed by atoms with van der Waals surface area (Å²) in [6.07, 6.45) is 2.13. The van der Waals surface area contributed by atoms with Gasteiger partial charge in [0.25, 0.3) is 5.91 Å². The maximum absolute atomic E-state index is 12.5. The van der Waals surface area contributed by atoms with E-state index in [2.05, 4.69) is 10.6 Å². The van der Waals surface area contributed by atoms with Gasteiger partial charge in [0.15, 0.2) is 0 Å². The highest BCUT2D eigenvalue weighted by Gasteiger charge is 2.48. The van der Waals surface area contributed by atoms with Crippen molar-refractivity contribution in [3.05, 3.63) is 35.9 Å². The summed E-state index contributed by atoms with van der Waals surface area (Å²) >= 11 is 0. The quantitative estimate of drug-likeness (QED) is 0.727. The Labute approximate surface area is 146 Å². The Bertz CT molecular complexity index is 674. The van der Waals surface area contributed by atoms with Crippen LogP contribution in [0.4, 0.5) is 4.79 Å². The third-order valence-corrected chi connectivity index (χ3v) is 4.65. The first-order valence-corrected chi connectivity index (χ1v) is 8.42. The molecule has 2 aliphatic rings. The third kappa shape index (κ3) is 3.66. The minimum atomic E-state index is -1.12. The Hall–Kier alpha value is -2.41. The van der Waals surface area contributed by atoms with Gasteiger partial charge in [-0.1, -0.05) is 30.3 Å². The van der Waals surface area contributed by atoms with E-state index >= 15 is 0 Å². The number of amides is 4. The second-order valence-electron chi connectivity index (χ2n) is 6.88. The molecule has 0 aromatic heterocycles. The van der Waals surface area contributed by atoms with Gasteiger partial charge in [-0.2, -0.15) is 0 Å². The Morgan fingerprint density at radius 3 is 2.64 bits per heavy atom. The van der Waals surface area contributed by atoms with Crippen LogP contribution in [0, 0.1) is 5.92 Å². The van der Waals surface area contributed by atoms with E-state index in [4.69, 9.17) is 4.74 Å². The van der Waals surface area contributed by atoms with E-state index in [1.165, 1.54) is 7.11 Å². The van der Waals surface area contributed by atoms with Crippen LogP contribution in [0.3, 0.4) is 0 Å². The zero-order chi connectivity index (χ0) is 18.0. The van der Waals surface area contributed by atoms with Crippen LogP contribution in [0.1, 0.15) is 31.4 Å². The molecule has 2 fully saturated rings. The molecule has 2 atom stereocenters. The summed E-state index contributed by atoms with van der Waals surface area (Å²) in [6.45, 7) is 1.36. The van der Waals surface area contributed by atoms with Crippen molar-refractivity contribution in [3.8, 4) is 0 Å². The van der Waals surface area contributed by atoms with Gasteiger partial charge in [-0.3, -0.25) is 14.5 Å². The smallest absolute Gasteiger partial charge is 0.325 e. The number of hydrogen-bond donors (Lipinski definition) is 2. The van der Waals surface area contributed by atoms with Gasteiger partial charge in [0.05, 0.1) is 12.6 Å². The summed E-state index contributed by atoms with van der Waals surface area (Å²) < 4.78 is 5.00. The highest BCUT2D eigenvalue weighted by atomic mass is 16.5. The molecule has 1 heterocycles. The fourth-order valence-electron chi connectivity index (χ4n) is 3.20. The third-order valence-electron chi connectivity index (χ3n) is 4.65. The maximum atomic E-state index is 12.5. The minimum Gasteiger partial charge on any atom is -0.382 e. The molecular formula is C18H23N3O4.